The minimum atomic E-state index is -3.83. The number of imidazole rings is 1. The molecule has 4 aromatic rings. The number of hydrogen-bond acceptors (Lipinski definition) is 7. The number of esters is 1. The largest absolute Gasteiger partial charge is 0.455 e. The summed E-state index contributed by atoms with van der Waals surface area (Å²) in [6, 6.07) is 18.6. The normalized spacial score (nSPS) is 18.1. The second-order valence-electron chi connectivity index (χ2n) is 9.02. The van der Waals surface area contributed by atoms with Gasteiger partial charge in [0.15, 0.2) is 0 Å². The van der Waals surface area contributed by atoms with Crippen molar-refractivity contribution in [3.05, 3.63) is 84.2 Å². The minimum Gasteiger partial charge on any atom is -0.455 e. The molecule has 1 fully saturated rings. The topological polar surface area (TPSA) is 108 Å². The summed E-state index contributed by atoms with van der Waals surface area (Å²) in [5, 5.41) is 3.16. The maximum atomic E-state index is 13.6. The van der Waals surface area contributed by atoms with E-state index in [2.05, 4.69) is 15.3 Å². The van der Waals surface area contributed by atoms with Crippen LogP contribution in [0.4, 0.5) is 16.0 Å². The summed E-state index contributed by atoms with van der Waals surface area (Å²) in [7, 11) is -0.0280. The number of benzene rings is 3. The number of nitrogens with zero attached hydrogens (tertiary/aromatic N) is 3. The van der Waals surface area contributed by atoms with Crippen molar-refractivity contribution in [2.75, 3.05) is 37.4 Å². The first-order chi connectivity index (χ1) is 17.7. The van der Waals surface area contributed by atoms with Crippen LogP contribution in [0.5, 0.6) is 0 Å². The van der Waals surface area contributed by atoms with Crippen LogP contribution in [0, 0.1) is 5.82 Å². The van der Waals surface area contributed by atoms with Crippen molar-refractivity contribution in [2.45, 2.75) is 17.0 Å². The molecular weight excluding hydrogens is 497 g/mol. The van der Waals surface area contributed by atoms with Crippen LogP contribution >= 0.6 is 0 Å². The summed E-state index contributed by atoms with van der Waals surface area (Å²) in [6.45, 7) is 0.00538. The molecule has 11 heteroatoms. The first kappa shape index (κ1) is 24.7. The van der Waals surface area contributed by atoms with E-state index in [1.54, 1.807) is 48.5 Å². The SMILES string of the molecule is CN(C)c1ccc(C(=O)O[C@H]2CN(S(=O)(=O)c3ccccc3)CC2Nc2nc3ccc(F)cc3[nH]2)cc1. The highest BCUT2D eigenvalue weighted by atomic mass is 32.2. The van der Waals surface area contributed by atoms with E-state index in [4.69, 9.17) is 4.74 Å². The summed E-state index contributed by atoms with van der Waals surface area (Å²) >= 11 is 0. The summed E-state index contributed by atoms with van der Waals surface area (Å²) in [5.41, 5.74) is 2.32. The first-order valence-electron chi connectivity index (χ1n) is 11.7. The predicted octanol–water partition coefficient (Wildman–Crippen LogP) is 3.48. The second kappa shape index (κ2) is 9.83. The molecule has 5 rings (SSSR count). The van der Waals surface area contributed by atoms with Gasteiger partial charge in [0.1, 0.15) is 11.9 Å². The van der Waals surface area contributed by atoms with E-state index in [0.717, 1.165) is 5.69 Å². The average Bonchev–Trinajstić information content (AvgIpc) is 3.48. The van der Waals surface area contributed by atoms with Crippen molar-refractivity contribution < 1.29 is 22.3 Å². The van der Waals surface area contributed by atoms with Crippen molar-refractivity contribution in [3.63, 3.8) is 0 Å². The monoisotopic (exact) mass is 523 g/mol. The molecule has 0 bridgehead atoms. The first-order valence-corrected chi connectivity index (χ1v) is 13.1. The van der Waals surface area contributed by atoms with Gasteiger partial charge in [-0.2, -0.15) is 4.31 Å². The number of aromatic amines is 1. The van der Waals surface area contributed by atoms with Gasteiger partial charge in [-0.15, -0.1) is 0 Å². The fourth-order valence-corrected chi connectivity index (χ4v) is 5.76. The molecule has 2 N–H and O–H groups in total. The number of fused-ring (bicyclic) bond motifs is 1. The fraction of sp³-hybridized carbons (Fsp3) is 0.231. The Balaban J connectivity index is 1.40. The standard InChI is InChI=1S/C26H26FN5O4S/c1-31(2)19-11-8-17(9-12-19)25(33)36-24-16-32(37(34,35)20-6-4-3-5-7-20)15-23(24)30-26-28-21-13-10-18(27)14-22(21)29-26/h3-14,23-24H,15-16H2,1-2H3,(H2,28,29,30)/t23?,24-/m0/s1. The lowest BCUT2D eigenvalue weighted by Crippen LogP contribution is -2.36. The van der Waals surface area contributed by atoms with E-state index in [1.165, 1.54) is 28.6 Å². The number of H-pyrrole nitrogens is 1. The highest BCUT2D eigenvalue weighted by molar-refractivity contribution is 7.89. The molecule has 37 heavy (non-hydrogen) atoms. The molecule has 0 spiro atoms. The van der Waals surface area contributed by atoms with Gasteiger partial charge in [-0.05, 0) is 54.6 Å². The van der Waals surface area contributed by atoms with E-state index in [0.29, 0.717) is 22.5 Å². The molecule has 192 valence electrons. The van der Waals surface area contributed by atoms with Gasteiger partial charge in [0.2, 0.25) is 16.0 Å². The summed E-state index contributed by atoms with van der Waals surface area (Å²) in [4.78, 5) is 22.5. The number of halogens is 1. The number of rotatable bonds is 7. The Kier molecular flexibility index (Phi) is 6.57. The fourth-order valence-electron chi connectivity index (χ4n) is 4.26. The van der Waals surface area contributed by atoms with Gasteiger partial charge in [-0.1, -0.05) is 18.2 Å². The van der Waals surface area contributed by atoms with Crippen LogP contribution in [-0.2, 0) is 14.8 Å². The number of carbonyl (C=O) groups excluding carboxylic acids is 1. The van der Waals surface area contributed by atoms with Gasteiger partial charge in [0.05, 0.1) is 34.1 Å². The van der Waals surface area contributed by atoms with Gasteiger partial charge >= 0.3 is 5.97 Å². The van der Waals surface area contributed by atoms with Crippen molar-refractivity contribution in [3.8, 4) is 0 Å². The smallest absolute Gasteiger partial charge is 0.338 e. The van der Waals surface area contributed by atoms with Crippen LogP contribution in [0.25, 0.3) is 11.0 Å². The van der Waals surface area contributed by atoms with Crippen LogP contribution in [0.1, 0.15) is 10.4 Å². The number of carbonyl (C=O) groups is 1. The number of anilines is 2. The Bertz CT molecular complexity index is 1520. The lowest BCUT2D eigenvalue weighted by atomic mass is 10.2. The molecule has 3 aromatic carbocycles. The van der Waals surface area contributed by atoms with Crippen LogP contribution in [0.3, 0.4) is 0 Å². The molecule has 0 radical (unpaired) electrons. The molecular formula is C26H26FN5O4S. The van der Waals surface area contributed by atoms with Crippen molar-refractivity contribution in [1.82, 2.24) is 14.3 Å². The Morgan fingerprint density at radius 3 is 2.51 bits per heavy atom. The van der Waals surface area contributed by atoms with Gasteiger partial charge in [-0.25, -0.2) is 22.6 Å². The third kappa shape index (κ3) is 5.13. The van der Waals surface area contributed by atoms with Gasteiger partial charge in [0, 0.05) is 26.3 Å². The Morgan fingerprint density at radius 2 is 1.81 bits per heavy atom. The van der Waals surface area contributed by atoms with Crippen LogP contribution < -0.4 is 10.2 Å². The van der Waals surface area contributed by atoms with Crippen LogP contribution in [0.15, 0.2) is 77.7 Å². The minimum absolute atomic E-state index is 0.0364. The van der Waals surface area contributed by atoms with E-state index in [9.17, 15) is 17.6 Å². The highest BCUT2D eigenvalue weighted by Crippen LogP contribution is 2.26. The molecule has 1 unspecified atom stereocenters. The molecule has 9 nitrogen and oxygen atoms in total. The molecule has 0 saturated carbocycles. The third-order valence-corrected chi connectivity index (χ3v) is 8.10. The molecule has 1 saturated heterocycles. The number of nitrogens with one attached hydrogen (secondary N) is 2. The van der Waals surface area contributed by atoms with E-state index in [-0.39, 0.29) is 18.0 Å². The Labute approximate surface area is 213 Å². The van der Waals surface area contributed by atoms with Crippen molar-refractivity contribution in [1.29, 1.82) is 0 Å². The lowest BCUT2D eigenvalue weighted by molar-refractivity contribution is 0.0316. The van der Waals surface area contributed by atoms with Crippen molar-refractivity contribution >= 4 is 38.7 Å². The quantitative estimate of drug-likeness (QED) is 0.357. The third-order valence-electron chi connectivity index (χ3n) is 6.26. The number of aromatic nitrogens is 2. The van der Waals surface area contributed by atoms with Gasteiger partial charge < -0.3 is 19.9 Å². The Hall–Kier alpha value is -3.96. The Morgan fingerprint density at radius 1 is 1.08 bits per heavy atom. The zero-order valence-electron chi connectivity index (χ0n) is 20.3. The van der Waals surface area contributed by atoms with Crippen LogP contribution in [-0.4, -0.2) is 68.0 Å². The molecule has 1 aromatic heterocycles. The molecule has 1 aliphatic heterocycles. The summed E-state index contributed by atoms with van der Waals surface area (Å²) < 4.78 is 47.3. The van der Waals surface area contributed by atoms with E-state index in [1.807, 2.05) is 19.0 Å². The zero-order valence-corrected chi connectivity index (χ0v) is 21.1. The number of ether oxygens (including phenoxy) is 1. The molecule has 1 aliphatic rings. The molecule has 2 heterocycles. The summed E-state index contributed by atoms with van der Waals surface area (Å²) in [5.74, 6) is -0.649. The lowest BCUT2D eigenvalue weighted by Gasteiger charge is -2.20. The highest BCUT2D eigenvalue weighted by Gasteiger charge is 2.42. The predicted molar refractivity (Wildman–Crippen MR) is 139 cm³/mol. The molecule has 0 amide bonds. The maximum absolute atomic E-state index is 13.6. The summed E-state index contributed by atoms with van der Waals surface area (Å²) in [6.07, 6.45) is -0.801. The number of sulfonamides is 1. The average molecular weight is 524 g/mol. The number of hydrogen-bond donors (Lipinski definition) is 2. The van der Waals surface area contributed by atoms with Crippen molar-refractivity contribution in [2.24, 2.45) is 0 Å². The molecule has 0 aliphatic carbocycles. The molecule has 2 atom stereocenters. The maximum Gasteiger partial charge on any atom is 0.338 e. The van der Waals surface area contributed by atoms with Gasteiger partial charge in [0.25, 0.3) is 0 Å². The van der Waals surface area contributed by atoms with Gasteiger partial charge in [-0.3, -0.25) is 0 Å². The second-order valence-corrected chi connectivity index (χ2v) is 11.0. The van der Waals surface area contributed by atoms with E-state index < -0.39 is 34.0 Å². The van der Waals surface area contributed by atoms with Crippen LogP contribution in [0.2, 0.25) is 0 Å². The zero-order chi connectivity index (χ0) is 26.2. The van der Waals surface area contributed by atoms with E-state index >= 15 is 0 Å².